The first kappa shape index (κ1) is 12.3. The standard InChI is InChI=1S/C11H16N2O3/c1-7(6-12)13-11(15)8-4-3-5-9(16-2)10(8)14/h3-5,7,14H,6,12H2,1-2H3,(H,13,15)/t7-/m1/s1. The molecule has 0 radical (unpaired) electrons. The van der Waals surface area contributed by atoms with Crippen molar-refractivity contribution in [2.75, 3.05) is 13.7 Å². The molecular weight excluding hydrogens is 208 g/mol. The maximum absolute atomic E-state index is 11.7. The van der Waals surface area contributed by atoms with Crippen molar-refractivity contribution in [2.45, 2.75) is 13.0 Å². The number of aromatic hydroxyl groups is 1. The van der Waals surface area contributed by atoms with Gasteiger partial charge in [0, 0.05) is 12.6 Å². The molecule has 5 heteroatoms. The number of carbonyl (C=O) groups excluding carboxylic acids is 1. The van der Waals surface area contributed by atoms with Crippen LogP contribution in [0.15, 0.2) is 18.2 Å². The monoisotopic (exact) mass is 224 g/mol. The lowest BCUT2D eigenvalue weighted by Crippen LogP contribution is -2.37. The predicted octanol–water partition coefficient (Wildman–Crippen LogP) is 0.478. The van der Waals surface area contributed by atoms with Gasteiger partial charge in [-0.15, -0.1) is 0 Å². The number of nitrogens with two attached hydrogens (primary N) is 1. The molecule has 16 heavy (non-hydrogen) atoms. The normalized spacial score (nSPS) is 11.9. The molecule has 0 fully saturated rings. The molecule has 0 aromatic heterocycles. The van der Waals surface area contributed by atoms with Gasteiger partial charge in [0.2, 0.25) is 0 Å². The van der Waals surface area contributed by atoms with Crippen molar-refractivity contribution in [3.8, 4) is 11.5 Å². The van der Waals surface area contributed by atoms with E-state index < -0.39 is 0 Å². The van der Waals surface area contributed by atoms with E-state index in [0.29, 0.717) is 6.54 Å². The Hall–Kier alpha value is -1.75. The van der Waals surface area contributed by atoms with E-state index in [2.05, 4.69) is 5.32 Å². The molecule has 0 unspecified atom stereocenters. The molecule has 0 heterocycles. The van der Waals surface area contributed by atoms with Crippen LogP contribution < -0.4 is 15.8 Å². The van der Waals surface area contributed by atoms with E-state index in [4.69, 9.17) is 10.5 Å². The van der Waals surface area contributed by atoms with Crippen molar-refractivity contribution >= 4 is 5.91 Å². The van der Waals surface area contributed by atoms with Crippen LogP contribution >= 0.6 is 0 Å². The number of nitrogens with one attached hydrogen (secondary N) is 1. The Kier molecular flexibility index (Phi) is 4.13. The van der Waals surface area contributed by atoms with Gasteiger partial charge in [-0.1, -0.05) is 6.07 Å². The number of para-hydroxylation sites is 1. The minimum Gasteiger partial charge on any atom is -0.504 e. The molecule has 88 valence electrons. The molecule has 0 bridgehead atoms. The Morgan fingerprint density at radius 2 is 2.31 bits per heavy atom. The quantitative estimate of drug-likeness (QED) is 0.694. The van der Waals surface area contributed by atoms with E-state index in [1.54, 1.807) is 19.1 Å². The Bertz CT molecular complexity index is 379. The first-order chi connectivity index (χ1) is 7.60. The third-order valence-corrected chi connectivity index (χ3v) is 2.19. The third-order valence-electron chi connectivity index (χ3n) is 2.19. The van der Waals surface area contributed by atoms with Crippen LogP contribution in [-0.4, -0.2) is 30.7 Å². The first-order valence-corrected chi connectivity index (χ1v) is 4.97. The number of ether oxygens (including phenoxy) is 1. The molecule has 4 N–H and O–H groups in total. The number of phenolic OH excluding ortho intramolecular Hbond substituents is 1. The van der Waals surface area contributed by atoms with Crippen molar-refractivity contribution in [3.05, 3.63) is 23.8 Å². The molecule has 1 amide bonds. The number of hydrogen-bond acceptors (Lipinski definition) is 4. The fourth-order valence-electron chi connectivity index (χ4n) is 1.23. The van der Waals surface area contributed by atoms with Gasteiger partial charge in [-0.2, -0.15) is 0 Å². The van der Waals surface area contributed by atoms with Gasteiger partial charge in [-0.25, -0.2) is 0 Å². The van der Waals surface area contributed by atoms with Crippen LogP contribution in [0, 0.1) is 0 Å². The van der Waals surface area contributed by atoms with E-state index in [0.717, 1.165) is 0 Å². The number of hydrogen-bond donors (Lipinski definition) is 3. The molecule has 0 aliphatic rings. The smallest absolute Gasteiger partial charge is 0.255 e. The van der Waals surface area contributed by atoms with Crippen LogP contribution in [0.3, 0.4) is 0 Å². The lowest BCUT2D eigenvalue weighted by molar-refractivity contribution is 0.0938. The minimum absolute atomic E-state index is 0.141. The summed E-state index contributed by atoms with van der Waals surface area (Å²) in [6, 6.07) is 4.60. The average molecular weight is 224 g/mol. The van der Waals surface area contributed by atoms with E-state index >= 15 is 0 Å². The van der Waals surface area contributed by atoms with E-state index in [1.807, 2.05) is 0 Å². The third kappa shape index (κ3) is 2.64. The highest BCUT2D eigenvalue weighted by atomic mass is 16.5. The zero-order chi connectivity index (χ0) is 12.1. The Balaban J connectivity index is 2.91. The van der Waals surface area contributed by atoms with Crippen LogP contribution in [0.25, 0.3) is 0 Å². The summed E-state index contributed by atoms with van der Waals surface area (Å²) in [6.45, 7) is 2.13. The largest absolute Gasteiger partial charge is 0.504 e. The molecule has 1 aromatic carbocycles. The fourth-order valence-corrected chi connectivity index (χ4v) is 1.23. The molecular formula is C11H16N2O3. The summed E-state index contributed by atoms with van der Waals surface area (Å²) in [4.78, 5) is 11.7. The van der Waals surface area contributed by atoms with Crippen molar-refractivity contribution in [2.24, 2.45) is 5.73 Å². The van der Waals surface area contributed by atoms with Crippen molar-refractivity contribution < 1.29 is 14.6 Å². The van der Waals surface area contributed by atoms with Gasteiger partial charge >= 0.3 is 0 Å². The molecule has 0 saturated heterocycles. The van der Waals surface area contributed by atoms with Gasteiger partial charge in [0.15, 0.2) is 11.5 Å². The number of carbonyl (C=O) groups is 1. The zero-order valence-electron chi connectivity index (χ0n) is 9.36. The summed E-state index contributed by atoms with van der Waals surface area (Å²) < 4.78 is 4.91. The van der Waals surface area contributed by atoms with E-state index in [9.17, 15) is 9.90 Å². The van der Waals surface area contributed by atoms with Gasteiger partial charge in [0.1, 0.15) is 0 Å². The number of phenols is 1. The second-order valence-electron chi connectivity index (χ2n) is 3.47. The van der Waals surface area contributed by atoms with Crippen molar-refractivity contribution in [1.29, 1.82) is 0 Å². The predicted molar refractivity (Wildman–Crippen MR) is 60.6 cm³/mol. The van der Waals surface area contributed by atoms with Crippen LogP contribution in [0.4, 0.5) is 0 Å². The maximum Gasteiger partial charge on any atom is 0.255 e. The lowest BCUT2D eigenvalue weighted by Gasteiger charge is -2.13. The Labute approximate surface area is 94.2 Å². The number of amides is 1. The lowest BCUT2D eigenvalue weighted by atomic mass is 10.1. The highest BCUT2D eigenvalue weighted by Gasteiger charge is 2.15. The van der Waals surface area contributed by atoms with Crippen molar-refractivity contribution in [1.82, 2.24) is 5.32 Å². The topological polar surface area (TPSA) is 84.6 Å². The molecule has 0 saturated carbocycles. The summed E-state index contributed by atoms with van der Waals surface area (Å²) >= 11 is 0. The average Bonchev–Trinajstić information content (AvgIpc) is 2.29. The van der Waals surface area contributed by atoms with Gasteiger partial charge < -0.3 is 20.9 Å². The summed E-state index contributed by atoms with van der Waals surface area (Å²) in [5, 5.41) is 12.4. The van der Waals surface area contributed by atoms with E-state index in [1.165, 1.54) is 13.2 Å². The second kappa shape index (κ2) is 5.37. The Morgan fingerprint density at radius 1 is 1.62 bits per heavy atom. The maximum atomic E-state index is 11.7. The van der Waals surface area contributed by atoms with Crippen LogP contribution in [0.2, 0.25) is 0 Å². The molecule has 1 aromatic rings. The number of rotatable bonds is 4. The van der Waals surface area contributed by atoms with Gasteiger partial charge in [-0.3, -0.25) is 4.79 Å². The molecule has 0 spiro atoms. The van der Waals surface area contributed by atoms with Crippen LogP contribution in [0.1, 0.15) is 17.3 Å². The number of benzene rings is 1. The van der Waals surface area contributed by atoms with Gasteiger partial charge in [0.05, 0.1) is 12.7 Å². The molecule has 0 aliphatic heterocycles. The van der Waals surface area contributed by atoms with E-state index in [-0.39, 0.29) is 29.0 Å². The molecule has 0 aliphatic carbocycles. The van der Waals surface area contributed by atoms with Gasteiger partial charge in [0.25, 0.3) is 5.91 Å². The highest BCUT2D eigenvalue weighted by Crippen LogP contribution is 2.29. The zero-order valence-corrected chi connectivity index (χ0v) is 9.36. The summed E-state index contributed by atoms with van der Waals surface area (Å²) in [6.07, 6.45) is 0. The molecule has 1 atom stereocenters. The van der Waals surface area contributed by atoms with Crippen LogP contribution in [0.5, 0.6) is 11.5 Å². The summed E-state index contributed by atoms with van der Waals surface area (Å²) in [7, 11) is 1.43. The summed E-state index contributed by atoms with van der Waals surface area (Å²) in [5.41, 5.74) is 5.57. The fraction of sp³-hybridized carbons (Fsp3) is 0.364. The molecule has 5 nitrogen and oxygen atoms in total. The summed E-state index contributed by atoms with van der Waals surface area (Å²) in [5.74, 6) is -0.255. The minimum atomic E-state index is -0.366. The highest BCUT2D eigenvalue weighted by molar-refractivity contribution is 5.97. The number of methoxy groups -OCH3 is 1. The second-order valence-corrected chi connectivity index (χ2v) is 3.47. The first-order valence-electron chi connectivity index (χ1n) is 4.97. The van der Waals surface area contributed by atoms with Crippen LogP contribution in [-0.2, 0) is 0 Å². The SMILES string of the molecule is COc1cccc(C(=O)N[C@H](C)CN)c1O. The van der Waals surface area contributed by atoms with Crippen molar-refractivity contribution in [3.63, 3.8) is 0 Å². The Morgan fingerprint density at radius 3 is 2.88 bits per heavy atom. The van der Waals surface area contributed by atoms with Gasteiger partial charge in [-0.05, 0) is 19.1 Å². The molecule has 1 rings (SSSR count).